The number of piperidine rings is 1. The Morgan fingerprint density at radius 1 is 1.40 bits per heavy atom. The van der Waals surface area contributed by atoms with Crippen molar-refractivity contribution in [3.63, 3.8) is 0 Å². The highest BCUT2D eigenvalue weighted by molar-refractivity contribution is 7.99. The van der Waals surface area contributed by atoms with E-state index in [0.29, 0.717) is 6.42 Å². The van der Waals surface area contributed by atoms with E-state index in [1.807, 2.05) is 17.8 Å². The lowest BCUT2D eigenvalue weighted by Gasteiger charge is -2.35. The van der Waals surface area contributed by atoms with Gasteiger partial charge in [-0.3, -0.25) is 4.79 Å². The zero-order chi connectivity index (χ0) is 16.1. The van der Waals surface area contributed by atoms with Gasteiger partial charge in [-0.15, -0.1) is 24.8 Å². The lowest BCUT2D eigenvalue weighted by atomic mass is 10.0. The molecule has 25 heavy (non-hydrogen) atoms. The van der Waals surface area contributed by atoms with Crippen LogP contribution in [-0.2, 0) is 4.79 Å². The van der Waals surface area contributed by atoms with Gasteiger partial charge >= 0.3 is 0 Å². The Morgan fingerprint density at radius 3 is 2.96 bits per heavy atom. The minimum absolute atomic E-state index is 0. The zero-order valence-corrected chi connectivity index (χ0v) is 16.5. The normalized spacial score (nSPS) is 23.2. The minimum Gasteiger partial charge on any atom is -0.369 e. The van der Waals surface area contributed by atoms with E-state index in [-0.39, 0.29) is 48.6 Å². The van der Waals surface area contributed by atoms with Gasteiger partial charge in [0.15, 0.2) is 0 Å². The van der Waals surface area contributed by atoms with E-state index in [9.17, 15) is 9.18 Å². The van der Waals surface area contributed by atoms with E-state index in [4.69, 9.17) is 0 Å². The second-order valence-electron chi connectivity index (χ2n) is 6.26. The molecule has 2 aliphatic rings. The van der Waals surface area contributed by atoms with Crippen LogP contribution in [0.15, 0.2) is 24.3 Å². The average Bonchev–Trinajstić information content (AvgIpc) is 2.56. The molecule has 1 amide bonds. The Balaban J connectivity index is 0.00000156. The second-order valence-corrected chi connectivity index (χ2v) is 7.41. The second kappa shape index (κ2) is 11.1. The highest BCUT2D eigenvalue weighted by Gasteiger charge is 2.23. The van der Waals surface area contributed by atoms with E-state index in [1.165, 1.54) is 6.07 Å². The van der Waals surface area contributed by atoms with E-state index in [2.05, 4.69) is 15.5 Å². The summed E-state index contributed by atoms with van der Waals surface area (Å²) in [5.74, 6) is 2.04. The highest BCUT2D eigenvalue weighted by Crippen LogP contribution is 2.21. The van der Waals surface area contributed by atoms with Crippen molar-refractivity contribution in [3.05, 3.63) is 30.1 Å². The molecular formula is C17H26Cl2FN3OS. The first-order chi connectivity index (χ1) is 11.2. The quantitative estimate of drug-likeness (QED) is 0.802. The number of hydrogen-bond donors (Lipinski definition) is 2. The molecule has 0 radical (unpaired) electrons. The summed E-state index contributed by atoms with van der Waals surface area (Å²) in [6.45, 7) is 2.65. The fourth-order valence-electron chi connectivity index (χ4n) is 3.26. The van der Waals surface area contributed by atoms with Crippen molar-refractivity contribution in [2.24, 2.45) is 0 Å². The van der Waals surface area contributed by atoms with Crippen molar-refractivity contribution in [1.29, 1.82) is 0 Å². The zero-order valence-electron chi connectivity index (χ0n) is 14.1. The van der Waals surface area contributed by atoms with E-state index in [0.717, 1.165) is 49.7 Å². The molecule has 0 saturated carbocycles. The van der Waals surface area contributed by atoms with Gasteiger partial charge < -0.3 is 15.5 Å². The molecule has 1 aromatic rings. The Kier molecular flexibility index (Phi) is 9.94. The lowest BCUT2D eigenvalue weighted by Crippen LogP contribution is -2.49. The van der Waals surface area contributed by atoms with Crippen LogP contribution in [0.1, 0.15) is 19.3 Å². The van der Waals surface area contributed by atoms with Gasteiger partial charge in [0, 0.05) is 55.3 Å². The molecular weight excluding hydrogens is 384 g/mol. The molecule has 1 aromatic carbocycles. The molecule has 3 rings (SSSR count). The summed E-state index contributed by atoms with van der Waals surface area (Å²) in [4.78, 5) is 14.4. The van der Waals surface area contributed by atoms with Crippen molar-refractivity contribution in [2.45, 2.75) is 31.3 Å². The summed E-state index contributed by atoms with van der Waals surface area (Å²) < 4.78 is 13.4. The largest absolute Gasteiger partial charge is 0.369 e. The van der Waals surface area contributed by atoms with Gasteiger partial charge in [0.05, 0.1) is 0 Å². The standard InChI is InChI=1S/C17H24FN3OS.2ClH/c18-13-3-1-5-16(9-13)21-7-2-4-14(11-21)20-17(22)10-15-12-23-8-6-19-15;;/h1,3,5,9,14-15,19H,2,4,6-8,10-12H2,(H,20,22);2*1H. The van der Waals surface area contributed by atoms with Crippen molar-refractivity contribution >= 4 is 48.2 Å². The molecule has 2 unspecified atom stereocenters. The van der Waals surface area contributed by atoms with Crippen molar-refractivity contribution < 1.29 is 9.18 Å². The third-order valence-corrected chi connectivity index (χ3v) is 5.52. The molecule has 4 nitrogen and oxygen atoms in total. The topological polar surface area (TPSA) is 44.4 Å². The smallest absolute Gasteiger partial charge is 0.221 e. The summed E-state index contributed by atoms with van der Waals surface area (Å²) in [5, 5.41) is 6.55. The molecule has 2 atom stereocenters. The number of carbonyl (C=O) groups excluding carboxylic acids is 1. The van der Waals surface area contributed by atoms with E-state index in [1.54, 1.807) is 12.1 Å². The summed E-state index contributed by atoms with van der Waals surface area (Å²) in [7, 11) is 0. The number of nitrogens with one attached hydrogen (secondary N) is 2. The third kappa shape index (κ3) is 6.85. The van der Waals surface area contributed by atoms with Crippen molar-refractivity contribution in [2.75, 3.05) is 36.0 Å². The Labute approximate surface area is 165 Å². The molecule has 142 valence electrons. The number of benzene rings is 1. The molecule has 8 heteroatoms. The van der Waals surface area contributed by atoms with Gasteiger partial charge in [-0.1, -0.05) is 6.07 Å². The Morgan fingerprint density at radius 2 is 2.24 bits per heavy atom. The van der Waals surface area contributed by atoms with Gasteiger partial charge in [0.1, 0.15) is 5.82 Å². The molecule has 2 heterocycles. The van der Waals surface area contributed by atoms with Crippen LogP contribution in [0.5, 0.6) is 0 Å². The number of amides is 1. The molecule has 2 N–H and O–H groups in total. The van der Waals surface area contributed by atoms with Gasteiger partial charge in [-0.25, -0.2) is 4.39 Å². The van der Waals surface area contributed by atoms with Crippen molar-refractivity contribution in [3.8, 4) is 0 Å². The fourth-order valence-corrected chi connectivity index (χ4v) is 4.21. The van der Waals surface area contributed by atoms with Crippen LogP contribution in [-0.4, -0.2) is 49.1 Å². The molecule has 2 fully saturated rings. The average molecular weight is 410 g/mol. The van der Waals surface area contributed by atoms with Crippen LogP contribution in [0.4, 0.5) is 10.1 Å². The maximum Gasteiger partial charge on any atom is 0.221 e. The predicted molar refractivity (Wildman–Crippen MR) is 108 cm³/mol. The summed E-state index contributed by atoms with van der Waals surface area (Å²) in [6.07, 6.45) is 2.55. The Hall–Kier alpha value is -0.690. The number of nitrogens with zero attached hydrogens (tertiary/aromatic N) is 1. The van der Waals surface area contributed by atoms with Crippen LogP contribution in [0.2, 0.25) is 0 Å². The van der Waals surface area contributed by atoms with Gasteiger partial charge in [0.25, 0.3) is 0 Å². The summed E-state index contributed by atoms with van der Waals surface area (Å²) in [6, 6.07) is 7.12. The fraction of sp³-hybridized carbons (Fsp3) is 0.588. The Bertz CT molecular complexity index is 546. The molecule has 0 spiro atoms. The number of anilines is 1. The molecule has 2 aliphatic heterocycles. The van der Waals surface area contributed by atoms with E-state index >= 15 is 0 Å². The third-order valence-electron chi connectivity index (χ3n) is 4.39. The van der Waals surface area contributed by atoms with Crippen LogP contribution >= 0.6 is 36.6 Å². The van der Waals surface area contributed by atoms with Gasteiger partial charge in [0.2, 0.25) is 5.91 Å². The maximum atomic E-state index is 13.4. The lowest BCUT2D eigenvalue weighted by molar-refractivity contribution is -0.122. The van der Waals surface area contributed by atoms with Gasteiger partial charge in [-0.2, -0.15) is 11.8 Å². The number of carbonyl (C=O) groups is 1. The number of rotatable bonds is 4. The van der Waals surface area contributed by atoms with Crippen LogP contribution in [0.25, 0.3) is 0 Å². The summed E-state index contributed by atoms with van der Waals surface area (Å²) >= 11 is 1.90. The van der Waals surface area contributed by atoms with Crippen LogP contribution < -0.4 is 15.5 Å². The predicted octanol–water partition coefficient (Wildman–Crippen LogP) is 2.85. The van der Waals surface area contributed by atoms with E-state index < -0.39 is 0 Å². The summed E-state index contributed by atoms with van der Waals surface area (Å²) in [5.41, 5.74) is 0.897. The maximum absolute atomic E-state index is 13.4. The number of hydrogen-bond acceptors (Lipinski definition) is 4. The first-order valence-corrected chi connectivity index (χ1v) is 9.47. The first kappa shape index (κ1) is 22.4. The monoisotopic (exact) mass is 409 g/mol. The molecule has 0 aliphatic carbocycles. The number of thioether (sulfide) groups is 1. The SMILES string of the molecule is Cl.Cl.O=C(CC1CSCCN1)NC1CCCN(c2cccc(F)c2)C1. The molecule has 2 saturated heterocycles. The first-order valence-electron chi connectivity index (χ1n) is 8.32. The highest BCUT2D eigenvalue weighted by atomic mass is 35.5. The molecule has 0 aromatic heterocycles. The van der Waals surface area contributed by atoms with Crippen LogP contribution in [0, 0.1) is 5.82 Å². The van der Waals surface area contributed by atoms with Crippen LogP contribution in [0.3, 0.4) is 0 Å². The molecule has 0 bridgehead atoms. The van der Waals surface area contributed by atoms with Gasteiger partial charge in [-0.05, 0) is 31.0 Å². The number of halogens is 3. The van der Waals surface area contributed by atoms with Crippen molar-refractivity contribution in [1.82, 2.24) is 10.6 Å². The minimum atomic E-state index is -0.213.